The zero-order chi connectivity index (χ0) is 12.3. The molecule has 0 aliphatic carbocycles. The molecule has 90 valence electrons. The summed E-state index contributed by atoms with van der Waals surface area (Å²) in [4.78, 5) is 0. The van der Waals surface area contributed by atoms with E-state index in [9.17, 15) is 4.39 Å². The molecule has 1 rings (SSSR count). The van der Waals surface area contributed by atoms with Crippen LogP contribution >= 0.6 is 23.2 Å². The number of hydrogen-bond donors (Lipinski definition) is 2. The number of rotatable bonds is 4. The Bertz CT molecular complexity index is 371. The smallest absolute Gasteiger partial charge is 0.142 e. The molecule has 5 heteroatoms. The van der Waals surface area contributed by atoms with Gasteiger partial charge >= 0.3 is 0 Å². The first-order valence-corrected chi connectivity index (χ1v) is 5.74. The minimum atomic E-state index is -0.494. The van der Waals surface area contributed by atoms with Crippen molar-refractivity contribution in [2.24, 2.45) is 0 Å². The fourth-order valence-corrected chi connectivity index (χ4v) is 2.09. The lowest BCUT2D eigenvalue weighted by Crippen LogP contribution is -2.27. The molecule has 1 unspecified atom stereocenters. The van der Waals surface area contributed by atoms with E-state index >= 15 is 0 Å². The summed E-state index contributed by atoms with van der Waals surface area (Å²) in [6, 6.07) is 2.49. The Hall–Kier alpha value is -0.350. The van der Waals surface area contributed by atoms with Crippen LogP contribution in [0.25, 0.3) is 0 Å². The van der Waals surface area contributed by atoms with Crippen molar-refractivity contribution in [1.29, 1.82) is 0 Å². The van der Waals surface area contributed by atoms with Crippen LogP contribution in [-0.4, -0.2) is 17.8 Å². The summed E-state index contributed by atoms with van der Waals surface area (Å²) < 4.78 is 13.3. The van der Waals surface area contributed by atoms with E-state index in [1.165, 1.54) is 12.1 Å². The second-order valence-electron chi connectivity index (χ2n) is 3.74. The average molecular weight is 266 g/mol. The van der Waals surface area contributed by atoms with Gasteiger partial charge in [0.15, 0.2) is 0 Å². The molecule has 1 aromatic rings. The molecule has 16 heavy (non-hydrogen) atoms. The normalized spacial score (nSPS) is 14.9. The van der Waals surface area contributed by atoms with E-state index in [2.05, 4.69) is 5.32 Å². The van der Waals surface area contributed by atoms with Gasteiger partial charge in [0.2, 0.25) is 0 Å². The van der Waals surface area contributed by atoms with Gasteiger partial charge in [-0.3, -0.25) is 0 Å². The van der Waals surface area contributed by atoms with Gasteiger partial charge in [0.1, 0.15) is 5.82 Å². The van der Waals surface area contributed by atoms with Gasteiger partial charge in [0.05, 0.1) is 11.1 Å². The first-order chi connectivity index (χ1) is 7.43. The monoisotopic (exact) mass is 265 g/mol. The topological polar surface area (TPSA) is 32.3 Å². The quantitative estimate of drug-likeness (QED) is 0.820. The highest BCUT2D eigenvalue weighted by Crippen LogP contribution is 2.32. The Balaban J connectivity index is 2.90. The van der Waals surface area contributed by atoms with Gasteiger partial charge in [-0.2, -0.15) is 0 Å². The third-order valence-electron chi connectivity index (χ3n) is 2.23. The maximum absolute atomic E-state index is 13.3. The second kappa shape index (κ2) is 5.82. The third-order valence-corrected chi connectivity index (χ3v) is 2.95. The fourth-order valence-electron chi connectivity index (χ4n) is 1.39. The molecule has 0 spiro atoms. The van der Waals surface area contributed by atoms with Gasteiger partial charge in [-0.1, -0.05) is 23.2 Å². The van der Waals surface area contributed by atoms with Crippen LogP contribution in [0.1, 0.15) is 25.5 Å². The van der Waals surface area contributed by atoms with Crippen molar-refractivity contribution in [1.82, 2.24) is 5.32 Å². The molecule has 0 saturated heterocycles. The summed E-state index contributed by atoms with van der Waals surface area (Å²) in [7, 11) is 0. The number of benzene rings is 1. The summed E-state index contributed by atoms with van der Waals surface area (Å²) in [5.41, 5.74) is 0.518. The zero-order valence-corrected chi connectivity index (χ0v) is 10.6. The number of halogens is 3. The van der Waals surface area contributed by atoms with Crippen molar-refractivity contribution in [3.05, 3.63) is 33.6 Å². The highest BCUT2D eigenvalue weighted by molar-refractivity contribution is 6.36. The zero-order valence-electron chi connectivity index (χ0n) is 9.10. The van der Waals surface area contributed by atoms with E-state index in [-0.39, 0.29) is 11.1 Å². The van der Waals surface area contributed by atoms with Crippen LogP contribution in [0.4, 0.5) is 4.39 Å². The molecule has 0 saturated carbocycles. The Kier molecular flexibility index (Phi) is 4.99. The average Bonchev–Trinajstić information content (AvgIpc) is 2.21. The van der Waals surface area contributed by atoms with E-state index in [1.54, 1.807) is 6.92 Å². The molecule has 0 fully saturated rings. The minimum absolute atomic E-state index is 0.0260. The molecule has 0 bridgehead atoms. The molecule has 0 aromatic heterocycles. The highest BCUT2D eigenvalue weighted by Gasteiger charge is 2.16. The SMILES string of the molecule is CC(NC[C@@H](C)O)c1c(Cl)ccc(F)c1Cl. The molecule has 0 heterocycles. The van der Waals surface area contributed by atoms with Crippen LogP contribution in [0.3, 0.4) is 0 Å². The Morgan fingerprint density at radius 1 is 1.38 bits per heavy atom. The second-order valence-corrected chi connectivity index (χ2v) is 4.52. The van der Waals surface area contributed by atoms with E-state index in [1.807, 2.05) is 6.92 Å². The molecule has 0 amide bonds. The Labute approximate surface area is 104 Å². The van der Waals surface area contributed by atoms with Crippen molar-refractivity contribution < 1.29 is 9.50 Å². The van der Waals surface area contributed by atoms with E-state index in [4.69, 9.17) is 28.3 Å². The van der Waals surface area contributed by atoms with Crippen molar-refractivity contribution in [2.45, 2.75) is 26.0 Å². The van der Waals surface area contributed by atoms with Crippen LogP contribution in [0, 0.1) is 5.82 Å². The van der Waals surface area contributed by atoms with Crippen molar-refractivity contribution in [2.75, 3.05) is 6.54 Å². The van der Waals surface area contributed by atoms with E-state index < -0.39 is 11.9 Å². The number of hydrogen-bond acceptors (Lipinski definition) is 2. The lowest BCUT2D eigenvalue weighted by Gasteiger charge is -2.18. The summed E-state index contributed by atoms with van der Waals surface area (Å²) in [5, 5.41) is 12.6. The van der Waals surface area contributed by atoms with Crippen LogP contribution in [0.5, 0.6) is 0 Å². The van der Waals surface area contributed by atoms with E-state index in [0.29, 0.717) is 17.1 Å². The van der Waals surface area contributed by atoms with Gasteiger partial charge in [-0.05, 0) is 26.0 Å². The molecule has 0 radical (unpaired) electrons. The number of aliphatic hydroxyl groups excluding tert-OH is 1. The van der Waals surface area contributed by atoms with Gasteiger partial charge in [-0.15, -0.1) is 0 Å². The fraction of sp³-hybridized carbons (Fsp3) is 0.455. The van der Waals surface area contributed by atoms with Crippen LogP contribution in [0.15, 0.2) is 12.1 Å². The maximum Gasteiger partial charge on any atom is 0.142 e. The van der Waals surface area contributed by atoms with Crippen LogP contribution in [0.2, 0.25) is 10.0 Å². The molecule has 0 aliphatic heterocycles. The largest absolute Gasteiger partial charge is 0.392 e. The molecular formula is C11H14Cl2FNO. The van der Waals surface area contributed by atoms with Crippen molar-refractivity contribution in [3.63, 3.8) is 0 Å². The first kappa shape index (κ1) is 13.7. The molecule has 2 atom stereocenters. The van der Waals surface area contributed by atoms with Gasteiger partial charge < -0.3 is 10.4 Å². The Morgan fingerprint density at radius 3 is 2.56 bits per heavy atom. The number of nitrogens with one attached hydrogen (secondary N) is 1. The summed E-state index contributed by atoms with van der Waals surface area (Å²) in [5.74, 6) is -0.494. The Morgan fingerprint density at radius 2 is 2.00 bits per heavy atom. The lowest BCUT2D eigenvalue weighted by atomic mass is 10.1. The number of aliphatic hydroxyl groups is 1. The summed E-state index contributed by atoms with van der Waals surface area (Å²) in [6.07, 6.45) is -0.478. The molecule has 2 nitrogen and oxygen atoms in total. The standard InChI is InChI=1S/C11H14Cl2FNO/c1-6(16)5-15-7(2)10-8(12)3-4-9(14)11(10)13/h3-4,6-7,15-16H,5H2,1-2H3/t6-,7?/m1/s1. The molecule has 2 N–H and O–H groups in total. The third kappa shape index (κ3) is 3.32. The minimum Gasteiger partial charge on any atom is -0.392 e. The summed E-state index contributed by atoms with van der Waals surface area (Å²) >= 11 is 11.8. The summed E-state index contributed by atoms with van der Waals surface area (Å²) in [6.45, 7) is 3.87. The van der Waals surface area contributed by atoms with Gasteiger partial charge in [0, 0.05) is 23.2 Å². The molecule has 1 aromatic carbocycles. The first-order valence-electron chi connectivity index (χ1n) is 4.98. The molecule has 0 aliphatic rings. The molecular weight excluding hydrogens is 252 g/mol. The highest BCUT2D eigenvalue weighted by atomic mass is 35.5. The van der Waals surface area contributed by atoms with Crippen molar-refractivity contribution >= 4 is 23.2 Å². The van der Waals surface area contributed by atoms with Gasteiger partial charge in [-0.25, -0.2) is 4.39 Å². The predicted molar refractivity (Wildman–Crippen MR) is 64.5 cm³/mol. The van der Waals surface area contributed by atoms with Crippen LogP contribution in [-0.2, 0) is 0 Å². The predicted octanol–water partition coefficient (Wildman–Crippen LogP) is 3.16. The van der Waals surface area contributed by atoms with Gasteiger partial charge in [0.25, 0.3) is 0 Å². The van der Waals surface area contributed by atoms with Crippen molar-refractivity contribution in [3.8, 4) is 0 Å². The van der Waals surface area contributed by atoms with E-state index in [0.717, 1.165) is 0 Å². The lowest BCUT2D eigenvalue weighted by molar-refractivity contribution is 0.187. The van der Waals surface area contributed by atoms with Crippen LogP contribution < -0.4 is 5.32 Å². The maximum atomic E-state index is 13.3.